The van der Waals surface area contributed by atoms with E-state index in [4.69, 9.17) is 0 Å². The minimum atomic E-state index is -0.907. The highest BCUT2D eigenvalue weighted by Crippen LogP contribution is 2.21. The summed E-state index contributed by atoms with van der Waals surface area (Å²) in [5, 5.41) is 10.2. The van der Waals surface area contributed by atoms with Crippen LogP contribution in [0.5, 0.6) is 0 Å². The number of aliphatic hydroxyl groups is 1. The van der Waals surface area contributed by atoms with E-state index in [9.17, 15) is 5.11 Å². The van der Waals surface area contributed by atoms with Gasteiger partial charge in [-0.05, 0) is 37.3 Å². The monoisotopic (exact) mass is 268 g/mol. The van der Waals surface area contributed by atoms with Gasteiger partial charge in [-0.1, -0.05) is 51.5 Å². The average Bonchev–Trinajstić information content (AvgIpc) is 2.31. The Kier molecular flexibility index (Phi) is 9.32. The van der Waals surface area contributed by atoms with Crippen LogP contribution in [0.1, 0.15) is 53.4 Å². The Labute approximate surface area is 117 Å². The third kappa shape index (κ3) is 8.66. The largest absolute Gasteiger partial charge is 0.378 e. The van der Waals surface area contributed by atoms with Gasteiger partial charge in [0.2, 0.25) is 0 Å². The molecule has 0 aromatic carbocycles. The van der Waals surface area contributed by atoms with Crippen molar-refractivity contribution < 1.29 is 5.11 Å². The zero-order valence-corrected chi connectivity index (χ0v) is 13.2. The second-order valence-electron chi connectivity index (χ2n) is 5.21. The molecule has 0 saturated carbocycles. The molecule has 0 heterocycles. The van der Waals surface area contributed by atoms with Crippen LogP contribution in [0, 0.1) is 17.8 Å². The van der Waals surface area contributed by atoms with Gasteiger partial charge in [0.05, 0.1) is 0 Å². The molecule has 0 fully saturated rings. The van der Waals surface area contributed by atoms with Gasteiger partial charge < -0.3 is 5.11 Å². The summed E-state index contributed by atoms with van der Waals surface area (Å²) in [5.41, 5.74) is -0.107. The van der Waals surface area contributed by atoms with Crippen molar-refractivity contribution >= 4 is 11.8 Å². The van der Waals surface area contributed by atoms with Gasteiger partial charge >= 0.3 is 0 Å². The zero-order valence-electron chi connectivity index (χ0n) is 12.4. The van der Waals surface area contributed by atoms with Gasteiger partial charge in [-0.15, -0.1) is 0 Å². The molecular formula is C16H28OS. The molecule has 2 atom stereocenters. The van der Waals surface area contributed by atoms with Crippen molar-refractivity contribution in [1.29, 1.82) is 0 Å². The van der Waals surface area contributed by atoms with Crippen LogP contribution in [-0.2, 0) is 0 Å². The molecule has 18 heavy (non-hydrogen) atoms. The molecule has 104 valence electrons. The fourth-order valence-electron chi connectivity index (χ4n) is 1.41. The molecule has 2 unspecified atom stereocenters. The fourth-order valence-corrected chi connectivity index (χ4v) is 2.66. The Bertz CT molecular complexity index is 296. The Morgan fingerprint density at radius 3 is 2.61 bits per heavy atom. The summed E-state index contributed by atoms with van der Waals surface area (Å²) in [6.07, 6.45) is 5.22. The number of hydrogen-bond donors (Lipinski definition) is 1. The van der Waals surface area contributed by atoms with E-state index in [1.807, 2.05) is 18.7 Å². The third-order valence-corrected chi connectivity index (χ3v) is 4.31. The first-order valence-electron chi connectivity index (χ1n) is 6.89. The summed E-state index contributed by atoms with van der Waals surface area (Å²) in [6, 6.07) is 0. The van der Waals surface area contributed by atoms with Gasteiger partial charge in [0, 0.05) is 5.92 Å². The van der Waals surface area contributed by atoms with Crippen LogP contribution < -0.4 is 0 Å². The highest BCUT2D eigenvalue weighted by molar-refractivity contribution is 7.99. The van der Waals surface area contributed by atoms with Gasteiger partial charge in [0.1, 0.15) is 5.60 Å². The van der Waals surface area contributed by atoms with Crippen LogP contribution in [0.2, 0.25) is 0 Å². The minimum absolute atomic E-state index is 0.181. The number of allylic oxidation sites excluding steroid dienone is 1. The van der Waals surface area contributed by atoms with Crippen molar-refractivity contribution in [3.05, 3.63) is 12.2 Å². The number of unbranched alkanes of at least 4 members (excludes halogenated alkanes) is 3. The van der Waals surface area contributed by atoms with E-state index >= 15 is 0 Å². The number of hydrogen-bond acceptors (Lipinski definition) is 2. The molecule has 0 amide bonds. The molecule has 0 saturated heterocycles. The third-order valence-electron chi connectivity index (χ3n) is 3.00. The lowest BCUT2D eigenvalue weighted by Crippen LogP contribution is -2.32. The van der Waals surface area contributed by atoms with Gasteiger partial charge in [0.25, 0.3) is 0 Å². The number of rotatable bonds is 8. The van der Waals surface area contributed by atoms with E-state index < -0.39 is 5.60 Å². The molecule has 1 N–H and O–H groups in total. The van der Waals surface area contributed by atoms with E-state index in [0.717, 1.165) is 11.3 Å². The lowest BCUT2D eigenvalue weighted by molar-refractivity contribution is 0.0747. The molecule has 0 rings (SSSR count). The second-order valence-corrected chi connectivity index (χ2v) is 6.36. The predicted octanol–water partition coefficient (Wildman–Crippen LogP) is 4.27. The maximum Gasteiger partial charge on any atom is 0.126 e. The normalized spacial score (nSPS) is 15.4. The SMILES string of the molecule is C=C(C)C#CC(C)(O)C(C)CSCCCCCC. The zero-order chi connectivity index (χ0) is 14.0. The highest BCUT2D eigenvalue weighted by Gasteiger charge is 2.25. The van der Waals surface area contributed by atoms with Crippen molar-refractivity contribution in [2.45, 2.75) is 59.0 Å². The van der Waals surface area contributed by atoms with Gasteiger partial charge in [-0.2, -0.15) is 11.8 Å². The maximum atomic E-state index is 10.2. The average molecular weight is 268 g/mol. The summed E-state index contributed by atoms with van der Waals surface area (Å²) in [5.74, 6) is 8.13. The quantitative estimate of drug-likeness (QED) is 0.524. The van der Waals surface area contributed by atoms with E-state index in [0.29, 0.717) is 0 Å². The molecule has 0 aliphatic rings. The number of thioether (sulfide) groups is 1. The van der Waals surface area contributed by atoms with Crippen LogP contribution in [0.25, 0.3) is 0 Å². The van der Waals surface area contributed by atoms with E-state index in [-0.39, 0.29) is 5.92 Å². The molecule has 0 aromatic rings. The molecule has 0 spiro atoms. The van der Waals surface area contributed by atoms with Crippen LogP contribution in [0.3, 0.4) is 0 Å². The Balaban J connectivity index is 3.90. The van der Waals surface area contributed by atoms with E-state index in [1.54, 1.807) is 6.92 Å². The summed E-state index contributed by atoms with van der Waals surface area (Å²) in [4.78, 5) is 0. The minimum Gasteiger partial charge on any atom is -0.378 e. The molecule has 0 bridgehead atoms. The van der Waals surface area contributed by atoms with Gasteiger partial charge in [-0.3, -0.25) is 0 Å². The molecule has 0 radical (unpaired) electrons. The Hall–Kier alpha value is -0.390. The fraction of sp³-hybridized carbons (Fsp3) is 0.750. The van der Waals surface area contributed by atoms with Crippen molar-refractivity contribution in [3.8, 4) is 11.8 Å². The highest BCUT2D eigenvalue weighted by atomic mass is 32.2. The first-order chi connectivity index (χ1) is 8.40. The van der Waals surface area contributed by atoms with Crippen LogP contribution in [0.15, 0.2) is 12.2 Å². The van der Waals surface area contributed by atoms with Crippen LogP contribution >= 0.6 is 11.8 Å². The molecular weight excluding hydrogens is 240 g/mol. The summed E-state index contributed by atoms with van der Waals surface area (Å²) >= 11 is 1.92. The van der Waals surface area contributed by atoms with Crippen molar-refractivity contribution in [2.24, 2.45) is 5.92 Å². The first-order valence-corrected chi connectivity index (χ1v) is 8.04. The summed E-state index contributed by atoms with van der Waals surface area (Å²) < 4.78 is 0. The Morgan fingerprint density at radius 2 is 2.06 bits per heavy atom. The van der Waals surface area contributed by atoms with Crippen molar-refractivity contribution in [1.82, 2.24) is 0 Å². The topological polar surface area (TPSA) is 20.2 Å². The Morgan fingerprint density at radius 1 is 1.39 bits per heavy atom. The van der Waals surface area contributed by atoms with E-state index in [2.05, 4.69) is 32.3 Å². The molecule has 0 aliphatic heterocycles. The van der Waals surface area contributed by atoms with Crippen LogP contribution in [0.4, 0.5) is 0 Å². The maximum absolute atomic E-state index is 10.2. The lowest BCUT2D eigenvalue weighted by Gasteiger charge is -2.24. The standard InChI is InChI=1S/C16H28OS/c1-6-7-8-9-12-18-13-15(4)16(5,17)11-10-14(2)3/h15,17H,2,6-9,12-13H2,1,3-5H3. The predicted molar refractivity (Wildman–Crippen MR) is 83.8 cm³/mol. The molecule has 0 aromatic heterocycles. The van der Waals surface area contributed by atoms with Gasteiger partial charge in [0.15, 0.2) is 0 Å². The molecule has 0 aliphatic carbocycles. The molecule has 2 heteroatoms. The van der Waals surface area contributed by atoms with Crippen LogP contribution in [-0.4, -0.2) is 22.2 Å². The summed E-state index contributed by atoms with van der Waals surface area (Å²) in [6.45, 7) is 11.7. The smallest absolute Gasteiger partial charge is 0.126 e. The summed E-state index contributed by atoms with van der Waals surface area (Å²) in [7, 11) is 0. The van der Waals surface area contributed by atoms with Crippen molar-refractivity contribution in [2.75, 3.05) is 11.5 Å². The van der Waals surface area contributed by atoms with Crippen molar-refractivity contribution in [3.63, 3.8) is 0 Å². The molecule has 1 nitrogen and oxygen atoms in total. The van der Waals surface area contributed by atoms with E-state index in [1.165, 1.54) is 31.4 Å². The lowest BCUT2D eigenvalue weighted by atomic mass is 9.93. The van der Waals surface area contributed by atoms with Gasteiger partial charge in [-0.25, -0.2) is 0 Å². The second kappa shape index (κ2) is 9.53. The first kappa shape index (κ1) is 17.6.